The summed E-state index contributed by atoms with van der Waals surface area (Å²) in [6, 6.07) is 10.8. The van der Waals surface area contributed by atoms with E-state index in [2.05, 4.69) is 34.6 Å². The maximum atomic E-state index is 4.34. The summed E-state index contributed by atoms with van der Waals surface area (Å²) in [6.07, 6.45) is 4.35. The van der Waals surface area contributed by atoms with Crippen molar-refractivity contribution in [2.24, 2.45) is 5.92 Å². The average molecular weight is 212 g/mol. The van der Waals surface area contributed by atoms with Crippen LogP contribution in [-0.4, -0.2) is 18.1 Å². The topological polar surface area (TPSA) is 24.9 Å². The Labute approximate surface area is 95.7 Å². The minimum Gasteiger partial charge on any atom is -0.316 e. The van der Waals surface area contributed by atoms with Crippen LogP contribution in [0, 0.1) is 5.92 Å². The van der Waals surface area contributed by atoms with Crippen LogP contribution in [0.15, 0.2) is 36.5 Å². The van der Waals surface area contributed by atoms with Gasteiger partial charge in [-0.2, -0.15) is 0 Å². The number of benzene rings is 1. The predicted octanol–water partition coefficient (Wildman–Crippen LogP) is 2.39. The molecule has 0 aliphatic carbocycles. The maximum absolute atomic E-state index is 4.34. The number of fused-ring (bicyclic) bond motifs is 1. The first-order chi connectivity index (χ1) is 7.92. The third-order valence-corrected chi connectivity index (χ3v) is 3.35. The van der Waals surface area contributed by atoms with E-state index in [-0.39, 0.29) is 0 Å². The van der Waals surface area contributed by atoms with Crippen molar-refractivity contribution in [1.29, 1.82) is 0 Å². The molecule has 1 N–H and O–H groups in total. The van der Waals surface area contributed by atoms with Gasteiger partial charge in [0.2, 0.25) is 0 Å². The van der Waals surface area contributed by atoms with Gasteiger partial charge >= 0.3 is 0 Å². The van der Waals surface area contributed by atoms with Crippen LogP contribution in [0.2, 0.25) is 0 Å². The number of aromatic nitrogens is 1. The molecule has 0 spiro atoms. The van der Waals surface area contributed by atoms with Crippen LogP contribution in [-0.2, 0) is 6.42 Å². The fourth-order valence-corrected chi connectivity index (χ4v) is 2.47. The quantitative estimate of drug-likeness (QED) is 0.826. The molecule has 0 bridgehead atoms. The van der Waals surface area contributed by atoms with Crippen molar-refractivity contribution in [3.63, 3.8) is 0 Å². The molecule has 0 radical (unpaired) electrons. The third kappa shape index (κ3) is 1.93. The van der Waals surface area contributed by atoms with Gasteiger partial charge in [0.15, 0.2) is 0 Å². The third-order valence-electron chi connectivity index (χ3n) is 3.35. The van der Waals surface area contributed by atoms with Gasteiger partial charge in [-0.3, -0.25) is 4.98 Å². The summed E-state index contributed by atoms with van der Waals surface area (Å²) in [5.74, 6) is 0.814. The van der Waals surface area contributed by atoms with E-state index in [0.29, 0.717) is 0 Å². The number of pyridine rings is 1. The van der Waals surface area contributed by atoms with Gasteiger partial charge in [-0.05, 0) is 55.6 Å². The summed E-state index contributed by atoms with van der Waals surface area (Å²) < 4.78 is 0. The zero-order valence-corrected chi connectivity index (χ0v) is 9.32. The number of nitrogens with one attached hydrogen (secondary N) is 1. The van der Waals surface area contributed by atoms with E-state index >= 15 is 0 Å². The summed E-state index contributed by atoms with van der Waals surface area (Å²) >= 11 is 0. The first-order valence-electron chi connectivity index (χ1n) is 5.96. The smallest absolute Gasteiger partial charge is 0.0702 e. The van der Waals surface area contributed by atoms with Gasteiger partial charge in [-0.15, -0.1) is 0 Å². The predicted molar refractivity (Wildman–Crippen MR) is 66.4 cm³/mol. The molecule has 2 heterocycles. The molecule has 1 aliphatic heterocycles. The van der Waals surface area contributed by atoms with Gasteiger partial charge in [0, 0.05) is 11.6 Å². The molecule has 1 saturated heterocycles. The average Bonchev–Trinajstić information content (AvgIpc) is 2.82. The molecule has 2 aromatic rings. The molecule has 2 nitrogen and oxygen atoms in total. The van der Waals surface area contributed by atoms with Crippen LogP contribution in [0.25, 0.3) is 10.9 Å². The van der Waals surface area contributed by atoms with Gasteiger partial charge in [0.25, 0.3) is 0 Å². The van der Waals surface area contributed by atoms with Crippen LogP contribution in [0.5, 0.6) is 0 Å². The molecule has 1 fully saturated rings. The van der Waals surface area contributed by atoms with Gasteiger partial charge < -0.3 is 5.32 Å². The Balaban J connectivity index is 1.86. The summed E-state index contributed by atoms with van der Waals surface area (Å²) in [6.45, 7) is 2.35. The monoisotopic (exact) mass is 212 g/mol. The van der Waals surface area contributed by atoms with Crippen LogP contribution in [0.1, 0.15) is 12.0 Å². The van der Waals surface area contributed by atoms with Crippen LogP contribution >= 0.6 is 0 Å². The number of nitrogens with zero attached hydrogens (tertiary/aromatic N) is 1. The van der Waals surface area contributed by atoms with Crippen molar-refractivity contribution in [2.75, 3.05) is 13.1 Å². The van der Waals surface area contributed by atoms with Gasteiger partial charge in [-0.25, -0.2) is 0 Å². The first kappa shape index (κ1) is 9.79. The van der Waals surface area contributed by atoms with Crippen molar-refractivity contribution in [3.8, 4) is 0 Å². The Morgan fingerprint density at radius 2 is 2.31 bits per heavy atom. The van der Waals surface area contributed by atoms with Crippen molar-refractivity contribution in [2.45, 2.75) is 12.8 Å². The van der Waals surface area contributed by atoms with E-state index in [1.165, 1.54) is 36.9 Å². The molecule has 1 aromatic carbocycles. The van der Waals surface area contributed by atoms with Crippen LogP contribution in [0.3, 0.4) is 0 Å². The lowest BCUT2D eigenvalue weighted by Crippen LogP contribution is -2.10. The van der Waals surface area contributed by atoms with E-state index in [9.17, 15) is 0 Å². The van der Waals surface area contributed by atoms with Gasteiger partial charge in [0.05, 0.1) is 5.52 Å². The first-order valence-corrected chi connectivity index (χ1v) is 5.96. The molecule has 1 aliphatic rings. The van der Waals surface area contributed by atoms with Gasteiger partial charge in [-0.1, -0.05) is 12.1 Å². The SMILES string of the molecule is c1cnc2ccc(CC3CCNC3)cc2c1. The van der Waals surface area contributed by atoms with E-state index in [0.717, 1.165) is 11.4 Å². The lowest BCUT2D eigenvalue weighted by molar-refractivity contribution is 0.580. The highest BCUT2D eigenvalue weighted by Crippen LogP contribution is 2.19. The largest absolute Gasteiger partial charge is 0.316 e. The molecule has 3 rings (SSSR count). The second-order valence-corrected chi connectivity index (χ2v) is 4.59. The van der Waals surface area contributed by atoms with Crippen LogP contribution in [0.4, 0.5) is 0 Å². The summed E-state index contributed by atoms with van der Waals surface area (Å²) in [5, 5.41) is 4.67. The Morgan fingerprint density at radius 3 is 3.19 bits per heavy atom. The van der Waals surface area contributed by atoms with E-state index in [4.69, 9.17) is 0 Å². The molecule has 1 unspecified atom stereocenters. The number of hydrogen-bond acceptors (Lipinski definition) is 2. The van der Waals surface area contributed by atoms with Crippen LogP contribution < -0.4 is 5.32 Å². The zero-order valence-electron chi connectivity index (χ0n) is 9.32. The Bertz CT molecular complexity index is 487. The maximum Gasteiger partial charge on any atom is 0.0702 e. The molecule has 0 amide bonds. The summed E-state index contributed by atoms with van der Waals surface area (Å²) in [5.41, 5.74) is 2.53. The molecule has 1 atom stereocenters. The number of rotatable bonds is 2. The van der Waals surface area contributed by atoms with Crippen molar-refractivity contribution < 1.29 is 0 Å². The minimum atomic E-state index is 0.814. The van der Waals surface area contributed by atoms with E-state index in [1.807, 2.05) is 12.3 Å². The Morgan fingerprint density at radius 1 is 1.31 bits per heavy atom. The molecule has 0 saturated carbocycles. The van der Waals surface area contributed by atoms with E-state index < -0.39 is 0 Å². The molecule has 1 aromatic heterocycles. The molecular weight excluding hydrogens is 196 g/mol. The molecule has 2 heteroatoms. The van der Waals surface area contributed by atoms with Gasteiger partial charge in [0.1, 0.15) is 0 Å². The Kier molecular flexibility index (Phi) is 2.58. The van der Waals surface area contributed by atoms with Crippen molar-refractivity contribution in [3.05, 3.63) is 42.1 Å². The summed E-state index contributed by atoms with van der Waals surface area (Å²) in [4.78, 5) is 4.34. The molecule has 82 valence electrons. The molecular formula is C14H16N2. The lowest BCUT2D eigenvalue weighted by atomic mass is 9.97. The fraction of sp³-hybridized carbons (Fsp3) is 0.357. The molecule has 16 heavy (non-hydrogen) atoms. The standard InChI is InChI=1S/C14H16N2/c1-2-13-9-11(3-4-14(13)16-6-1)8-12-5-7-15-10-12/h1-4,6,9,12,15H,5,7-8,10H2. The number of hydrogen-bond donors (Lipinski definition) is 1. The van der Waals surface area contributed by atoms with Crippen molar-refractivity contribution >= 4 is 10.9 Å². The highest BCUT2D eigenvalue weighted by atomic mass is 14.9. The zero-order chi connectivity index (χ0) is 10.8. The van der Waals surface area contributed by atoms with E-state index in [1.54, 1.807) is 0 Å². The normalized spacial score (nSPS) is 20.4. The highest BCUT2D eigenvalue weighted by Gasteiger charge is 2.14. The van der Waals surface area contributed by atoms with Crippen molar-refractivity contribution in [1.82, 2.24) is 10.3 Å². The highest BCUT2D eigenvalue weighted by molar-refractivity contribution is 5.78. The summed E-state index contributed by atoms with van der Waals surface area (Å²) in [7, 11) is 0. The second kappa shape index (κ2) is 4.22. The lowest BCUT2D eigenvalue weighted by Gasteiger charge is -2.08. The fourth-order valence-electron chi connectivity index (χ4n) is 2.47. The minimum absolute atomic E-state index is 0.814. The second-order valence-electron chi connectivity index (χ2n) is 4.59. The Hall–Kier alpha value is -1.41.